The fourth-order valence-corrected chi connectivity index (χ4v) is 5.77. The van der Waals surface area contributed by atoms with E-state index in [4.69, 9.17) is 14.2 Å². The summed E-state index contributed by atoms with van der Waals surface area (Å²) >= 11 is 0. The third-order valence-electron chi connectivity index (χ3n) is 6.47. The molecule has 12 heteroatoms. The molecule has 3 rings (SSSR count). The van der Waals surface area contributed by atoms with E-state index >= 15 is 0 Å². The Hall–Kier alpha value is -4.03. The number of non-ortho nitro benzene ring substituents is 1. The Kier molecular flexibility index (Phi) is 10.2. The third kappa shape index (κ3) is 7.13. The molecule has 0 aliphatic carbocycles. The molecule has 1 atom stereocenters. The minimum Gasteiger partial charge on any atom is -0.466 e. The van der Waals surface area contributed by atoms with Crippen molar-refractivity contribution in [1.29, 1.82) is 0 Å². The summed E-state index contributed by atoms with van der Waals surface area (Å²) in [5, 5.41) is 14.4. The molecular formula is C28H32N2O9S. The molecule has 0 aromatic heterocycles. The smallest absolute Gasteiger partial charge is 0.336 e. The summed E-state index contributed by atoms with van der Waals surface area (Å²) < 4.78 is 41.0. The van der Waals surface area contributed by atoms with Crippen LogP contribution in [0, 0.1) is 10.1 Å². The minimum atomic E-state index is -3.61. The number of allylic oxidation sites excluding steroid dienone is 2. The highest BCUT2D eigenvalue weighted by molar-refractivity contribution is 7.91. The van der Waals surface area contributed by atoms with Crippen molar-refractivity contribution in [2.24, 2.45) is 0 Å². The van der Waals surface area contributed by atoms with Gasteiger partial charge >= 0.3 is 11.9 Å². The molecule has 1 aliphatic rings. The lowest BCUT2D eigenvalue weighted by Crippen LogP contribution is -2.32. The number of esters is 2. The first-order valence-corrected chi connectivity index (χ1v) is 14.1. The number of sulfone groups is 1. The van der Waals surface area contributed by atoms with Gasteiger partial charge in [0.2, 0.25) is 0 Å². The molecule has 1 N–H and O–H groups in total. The summed E-state index contributed by atoms with van der Waals surface area (Å²) in [6.07, 6.45) is 0.708. The Bertz CT molecular complexity index is 1440. The second-order valence-corrected chi connectivity index (χ2v) is 11.3. The zero-order valence-electron chi connectivity index (χ0n) is 22.8. The van der Waals surface area contributed by atoms with Crippen molar-refractivity contribution in [2.75, 3.05) is 33.2 Å². The van der Waals surface area contributed by atoms with E-state index in [0.717, 1.165) is 5.56 Å². The van der Waals surface area contributed by atoms with Crippen LogP contribution in [-0.4, -0.2) is 58.5 Å². The first kappa shape index (κ1) is 30.5. The van der Waals surface area contributed by atoms with Crippen LogP contribution >= 0.6 is 0 Å². The van der Waals surface area contributed by atoms with Crippen molar-refractivity contribution in [2.45, 2.75) is 37.5 Å². The number of benzene rings is 2. The molecule has 1 aliphatic heterocycles. The van der Waals surface area contributed by atoms with Gasteiger partial charge in [-0.15, -0.1) is 0 Å². The van der Waals surface area contributed by atoms with Crippen LogP contribution in [0.3, 0.4) is 0 Å². The number of hydrogen-bond donors (Lipinski definition) is 1. The molecule has 2 aromatic carbocycles. The number of nitrogens with zero attached hydrogens (tertiary/aromatic N) is 1. The summed E-state index contributed by atoms with van der Waals surface area (Å²) in [7, 11) is -0.814. The quantitative estimate of drug-likeness (QED) is 0.173. The van der Waals surface area contributed by atoms with Gasteiger partial charge < -0.3 is 19.5 Å². The highest BCUT2D eigenvalue weighted by atomic mass is 32.2. The zero-order valence-corrected chi connectivity index (χ0v) is 23.6. The van der Waals surface area contributed by atoms with Gasteiger partial charge in [0.25, 0.3) is 5.69 Å². The van der Waals surface area contributed by atoms with Crippen LogP contribution in [0.1, 0.15) is 37.3 Å². The number of dihydropyridines is 1. The Labute approximate surface area is 232 Å². The van der Waals surface area contributed by atoms with Crippen LogP contribution in [0.25, 0.3) is 0 Å². The summed E-state index contributed by atoms with van der Waals surface area (Å²) in [6.45, 7) is 3.59. The normalized spacial score (nSPS) is 15.4. The second kappa shape index (κ2) is 13.4. The van der Waals surface area contributed by atoms with E-state index in [-0.39, 0.29) is 40.5 Å². The van der Waals surface area contributed by atoms with Gasteiger partial charge in [-0.05, 0) is 49.9 Å². The van der Waals surface area contributed by atoms with E-state index in [0.29, 0.717) is 30.0 Å². The summed E-state index contributed by atoms with van der Waals surface area (Å²) in [5.41, 5.74) is 2.08. The zero-order chi connectivity index (χ0) is 29.4. The maximum Gasteiger partial charge on any atom is 0.336 e. The lowest BCUT2D eigenvalue weighted by Gasteiger charge is -2.30. The number of rotatable bonds is 12. The van der Waals surface area contributed by atoms with Gasteiger partial charge in [-0.3, -0.25) is 10.1 Å². The molecule has 11 nitrogen and oxygen atoms in total. The largest absolute Gasteiger partial charge is 0.466 e. The number of carbonyl (C=O) groups is 2. The van der Waals surface area contributed by atoms with E-state index in [1.54, 1.807) is 51.3 Å². The molecule has 1 heterocycles. The second-order valence-electron chi connectivity index (χ2n) is 9.17. The van der Waals surface area contributed by atoms with Crippen LogP contribution in [0.5, 0.6) is 0 Å². The van der Waals surface area contributed by atoms with Gasteiger partial charge in [-0.2, -0.15) is 0 Å². The highest BCUT2D eigenvalue weighted by Crippen LogP contribution is 2.40. The van der Waals surface area contributed by atoms with Crippen molar-refractivity contribution in [1.82, 2.24) is 5.32 Å². The number of nitrogens with one attached hydrogen (secondary N) is 1. The molecular weight excluding hydrogens is 540 g/mol. The average Bonchev–Trinajstić information content (AvgIpc) is 2.93. The molecule has 214 valence electrons. The van der Waals surface area contributed by atoms with Gasteiger partial charge in [0.1, 0.15) is 0 Å². The molecule has 0 amide bonds. The van der Waals surface area contributed by atoms with E-state index in [1.165, 1.54) is 25.3 Å². The summed E-state index contributed by atoms with van der Waals surface area (Å²) in [6, 6.07) is 12.2. The molecule has 0 fully saturated rings. The molecule has 0 saturated heterocycles. The van der Waals surface area contributed by atoms with Crippen LogP contribution in [0.4, 0.5) is 5.69 Å². The Morgan fingerprint density at radius 3 is 2.23 bits per heavy atom. The molecule has 40 heavy (non-hydrogen) atoms. The molecule has 2 aromatic rings. The lowest BCUT2D eigenvalue weighted by atomic mass is 9.80. The van der Waals surface area contributed by atoms with Crippen molar-refractivity contribution < 1.29 is 37.1 Å². The van der Waals surface area contributed by atoms with E-state index in [2.05, 4.69) is 5.32 Å². The maximum absolute atomic E-state index is 13.3. The number of nitro groups is 1. The van der Waals surface area contributed by atoms with Crippen LogP contribution in [-0.2, 0) is 40.1 Å². The van der Waals surface area contributed by atoms with Crippen molar-refractivity contribution in [3.63, 3.8) is 0 Å². The number of carbonyl (C=O) groups excluding carboxylic acids is 2. The first-order chi connectivity index (χ1) is 19.0. The molecule has 1 unspecified atom stereocenters. The van der Waals surface area contributed by atoms with Crippen molar-refractivity contribution in [3.05, 3.63) is 92.3 Å². The SMILES string of the molecule is COCCc1ccc(S(=O)(=O)CCCOC(=O)C2=C(C)NC(C)=C(C(=O)OC)C2c2cccc([N+](=O)[O-])c2)cc1. The van der Waals surface area contributed by atoms with Crippen LogP contribution in [0.15, 0.2) is 76.0 Å². The van der Waals surface area contributed by atoms with Gasteiger partial charge in [-0.25, -0.2) is 18.0 Å². The molecule has 0 saturated carbocycles. The van der Waals surface area contributed by atoms with Gasteiger partial charge in [0.05, 0.1) is 53.0 Å². The van der Waals surface area contributed by atoms with Crippen LogP contribution in [0.2, 0.25) is 0 Å². The Morgan fingerprint density at radius 2 is 1.62 bits per heavy atom. The van der Waals surface area contributed by atoms with Crippen molar-refractivity contribution >= 4 is 27.5 Å². The Balaban J connectivity index is 1.77. The number of hydrogen-bond acceptors (Lipinski definition) is 10. The number of ether oxygens (including phenoxy) is 3. The van der Waals surface area contributed by atoms with E-state index < -0.39 is 32.6 Å². The van der Waals surface area contributed by atoms with E-state index in [1.807, 2.05) is 0 Å². The topological polar surface area (TPSA) is 151 Å². The minimum absolute atomic E-state index is 0.0411. The predicted molar refractivity (Wildman–Crippen MR) is 146 cm³/mol. The standard InChI is InChI=1S/C28H32N2O9S/c1-18-24(27(31)38-4)26(21-7-5-8-22(17-21)30(33)34)25(19(2)29-18)28(32)39-14-6-16-40(35,36)23-11-9-20(10-12-23)13-15-37-3/h5,7-12,17,26,29H,6,13-16H2,1-4H3. The monoisotopic (exact) mass is 572 g/mol. The number of methoxy groups -OCH3 is 2. The molecule has 0 spiro atoms. The Morgan fingerprint density at radius 1 is 0.975 bits per heavy atom. The molecule has 0 radical (unpaired) electrons. The van der Waals surface area contributed by atoms with E-state index in [9.17, 15) is 28.1 Å². The van der Waals surface area contributed by atoms with Gasteiger partial charge in [-0.1, -0.05) is 24.3 Å². The fraction of sp³-hybridized carbons (Fsp3) is 0.357. The third-order valence-corrected chi connectivity index (χ3v) is 8.28. The average molecular weight is 573 g/mol. The lowest BCUT2D eigenvalue weighted by molar-refractivity contribution is -0.384. The first-order valence-electron chi connectivity index (χ1n) is 12.5. The van der Waals surface area contributed by atoms with Gasteiger partial charge in [0.15, 0.2) is 9.84 Å². The van der Waals surface area contributed by atoms with Crippen LogP contribution < -0.4 is 5.32 Å². The predicted octanol–water partition coefficient (Wildman–Crippen LogP) is 3.60. The van der Waals surface area contributed by atoms with Gasteiger partial charge in [0, 0.05) is 30.6 Å². The summed E-state index contributed by atoms with van der Waals surface area (Å²) in [5.74, 6) is -2.73. The highest BCUT2D eigenvalue weighted by Gasteiger charge is 2.38. The summed E-state index contributed by atoms with van der Waals surface area (Å²) in [4.78, 5) is 37.0. The maximum atomic E-state index is 13.3. The molecule has 0 bridgehead atoms. The number of nitro benzene ring substituents is 1. The van der Waals surface area contributed by atoms with Crippen molar-refractivity contribution in [3.8, 4) is 0 Å². The fourth-order valence-electron chi connectivity index (χ4n) is 4.49.